The molecule has 3 rings (SSSR count). The van der Waals surface area contributed by atoms with Crippen LogP contribution >= 0.6 is 0 Å². The van der Waals surface area contributed by atoms with Crippen LogP contribution in [0, 0.1) is 5.82 Å². The standard InChI is InChI=1S/C15H14FN3O2/c1-15(2,3)14-18-13(21-19-14)10-7-12(20)17-11-5-4-8(16)6-9(10)11/h4-7H,1-3H3,(H,17,20). The van der Waals surface area contributed by atoms with Crippen molar-refractivity contribution >= 4 is 10.9 Å². The van der Waals surface area contributed by atoms with E-state index in [0.717, 1.165) is 0 Å². The fourth-order valence-corrected chi connectivity index (χ4v) is 2.04. The first-order chi connectivity index (χ1) is 9.84. The quantitative estimate of drug-likeness (QED) is 0.746. The van der Waals surface area contributed by atoms with Crippen molar-refractivity contribution in [3.05, 3.63) is 46.3 Å². The first-order valence-electron chi connectivity index (χ1n) is 6.52. The van der Waals surface area contributed by atoms with Crippen LogP contribution in [-0.4, -0.2) is 15.1 Å². The summed E-state index contributed by atoms with van der Waals surface area (Å²) in [6, 6.07) is 5.47. The number of H-pyrrole nitrogens is 1. The molecule has 0 bridgehead atoms. The Bertz CT molecular complexity index is 874. The monoisotopic (exact) mass is 287 g/mol. The number of hydrogen-bond donors (Lipinski definition) is 1. The number of hydrogen-bond acceptors (Lipinski definition) is 4. The van der Waals surface area contributed by atoms with Crippen molar-refractivity contribution < 1.29 is 8.91 Å². The van der Waals surface area contributed by atoms with Crippen LogP contribution in [0.25, 0.3) is 22.4 Å². The number of fused-ring (bicyclic) bond motifs is 1. The van der Waals surface area contributed by atoms with Crippen molar-refractivity contribution in [1.29, 1.82) is 0 Å². The second kappa shape index (κ2) is 4.51. The second-order valence-corrected chi connectivity index (χ2v) is 5.91. The summed E-state index contributed by atoms with van der Waals surface area (Å²) in [4.78, 5) is 18.7. The van der Waals surface area contributed by atoms with Crippen LogP contribution in [0.2, 0.25) is 0 Å². The number of nitrogens with zero attached hydrogens (tertiary/aromatic N) is 2. The Morgan fingerprint density at radius 1 is 1.24 bits per heavy atom. The lowest BCUT2D eigenvalue weighted by molar-refractivity contribution is 0.402. The summed E-state index contributed by atoms with van der Waals surface area (Å²) in [5, 5.41) is 4.46. The Balaban J connectivity index is 2.26. The Labute approximate surface area is 119 Å². The van der Waals surface area contributed by atoms with Crippen molar-refractivity contribution in [3.63, 3.8) is 0 Å². The summed E-state index contributed by atoms with van der Waals surface area (Å²) in [6.45, 7) is 5.87. The van der Waals surface area contributed by atoms with E-state index >= 15 is 0 Å². The zero-order valence-electron chi connectivity index (χ0n) is 11.9. The molecule has 108 valence electrons. The molecule has 0 saturated heterocycles. The van der Waals surface area contributed by atoms with Gasteiger partial charge in [-0.2, -0.15) is 4.98 Å². The maximum absolute atomic E-state index is 13.5. The van der Waals surface area contributed by atoms with Gasteiger partial charge in [-0.05, 0) is 18.2 Å². The Morgan fingerprint density at radius 3 is 2.67 bits per heavy atom. The lowest BCUT2D eigenvalue weighted by atomic mass is 9.96. The van der Waals surface area contributed by atoms with Crippen LogP contribution in [0.4, 0.5) is 4.39 Å². The van der Waals surface area contributed by atoms with E-state index in [-0.39, 0.29) is 16.9 Å². The predicted octanol–water partition coefficient (Wildman–Crippen LogP) is 3.01. The van der Waals surface area contributed by atoms with Gasteiger partial charge in [0, 0.05) is 22.4 Å². The molecule has 0 aliphatic heterocycles. The number of pyridine rings is 1. The van der Waals surface area contributed by atoms with Crippen LogP contribution in [0.5, 0.6) is 0 Å². The molecule has 0 atom stereocenters. The van der Waals surface area contributed by atoms with Crippen LogP contribution in [0.15, 0.2) is 33.6 Å². The maximum atomic E-state index is 13.5. The molecule has 0 unspecified atom stereocenters. The van der Waals surface area contributed by atoms with Gasteiger partial charge in [-0.3, -0.25) is 4.79 Å². The molecule has 0 amide bonds. The average Bonchev–Trinajstić information content (AvgIpc) is 2.87. The molecule has 0 aliphatic rings. The normalized spacial score (nSPS) is 12.0. The molecule has 0 saturated carbocycles. The maximum Gasteiger partial charge on any atom is 0.258 e. The highest BCUT2D eigenvalue weighted by molar-refractivity contribution is 5.91. The largest absolute Gasteiger partial charge is 0.334 e. The molecule has 2 aromatic heterocycles. The van der Waals surface area contributed by atoms with Crippen LogP contribution in [-0.2, 0) is 5.41 Å². The fraction of sp³-hybridized carbons (Fsp3) is 0.267. The van der Waals surface area contributed by atoms with Gasteiger partial charge in [0.1, 0.15) is 5.82 Å². The van der Waals surface area contributed by atoms with Gasteiger partial charge in [0.05, 0.1) is 5.56 Å². The summed E-state index contributed by atoms with van der Waals surface area (Å²) in [6.07, 6.45) is 0. The molecule has 0 radical (unpaired) electrons. The lowest BCUT2D eigenvalue weighted by Crippen LogP contribution is -2.13. The van der Waals surface area contributed by atoms with Crippen molar-refractivity contribution in [1.82, 2.24) is 15.1 Å². The third-order valence-electron chi connectivity index (χ3n) is 3.13. The highest BCUT2D eigenvalue weighted by Gasteiger charge is 2.22. The van der Waals surface area contributed by atoms with E-state index in [4.69, 9.17) is 4.52 Å². The van der Waals surface area contributed by atoms with Gasteiger partial charge in [0.2, 0.25) is 5.56 Å². The summed E-state index contributed by atoms with van der Waals surface area (Å²) in [5.41, 5.74) is 0.370. The first kappa shape index (κ1) is 13.5. The molecule has 21 heavy (non-hydrogen) atoms. The molecule has 6 heteroatoms. The summed E-state index contributed by atoms with van der Waals surface area (Å²) in [5.74, 6) is 0.343. The van der Waals surface area contributed by atoms with E-state index in [1.54, 1.807) is 0 Å². The molecular formula is C15H14FN3O2. The molecule has 1 N–H and O–H groups in total. The number of nitrogens with one attached hydrogen (secondary N) is 1. The third-order valence-corrected chi connectivity index (χ3v) is 3.13. The molecule has 5 nitrogen and oxygen atoms in total. The van der Waals surface area contributed by atoms with Gasteiger partial charge in [0.15, 0.2) is 5.82 Å². The fourth-order valence-electron chi connectivity index (χ4n) is 2.04. The van der Waals surface area contributed by atoms with E-state index in [2.05, 4.69) is 15.1 Å². The van der Waals surface area contributed by atoms with Gasteiger partial charge in [0.25, 0.3) is 5.89 Å². The van der Waals surface area contributed by atoms with Crippen LogP contribution in [0.1, 0.15) is 26.6 Å². The van der Waals surface area contributed by atoms with E-state index in [1.165, 1.54) is 24.3 Å². The minimum atomic E-state index is -0.397. The first-order valence-corrected chi connectivity index (χ1v) is 6.52. The van der Waals surface area contributed by atoms with Crippen molar-refractivity contribution in [2.75, 3.05) is 0 Å². The van der Waals surface area contributed by atoms with E-state index in [1.807, 2.05) is 20.8 Å². The van der Waals surface area contributed by atoms with E-state index < -0.39 is 5.82 Å². The number of aromatic nitrogens is 3. The molecule has 0 aliphatic carbocycles. The number of halogens is 1. The van der Waals surface area contributed by atoms with Gasteiger partial charge < -0.3 is 9.51 Å². The zero-order chi connectivity index (χ0) is 15.2. The highest BCUT2D eigenvalue weighted by Crippen LogP contribution is 2.28. The number of benzene rings is 1. The van der Waals surface area contributed by atoms with Crippen LogP contribution in [0.3, 0.4) is 0 Å². The minimum absolute atomic E-state index is 0.210. The highest BCUT2D eigenvalue weighted by atomic mass is 19.1. The van der Waals surface area contributed by atoms with Gasteiger partial charge in [-0.1, -0.05) is 25.9 Å². The Kier molecular flexibility index (Phi) is 2.90. The van der Waals surface area contributed by atoms with Gasteiger partial charge in [-0.25, -0.2) is 4.39 Å². The summed E-state index contributed by atoms with van der Waals surface area (Å²) >= 11 is 0. The summed E-state index contributed by atoms with van der Waals surface area (Å²) in [7, 11) is 0. The van der Waals surface area contributed by atoms with Crippen molar-refractivity contribution in [3.8, 4) is 11.5 Å². The molecule has 1 aromatic carbocycles. The molecule has 0 spiro atoms. The average molecular weight is 287 g/mol. The van der Waals surface area contributed by atoms with E-state index in [9.17, 15) is 9.18 Å². The number of aromatic amines is 1. The minimum Gasteiger partial charge on any atom is -0.334 e. The van der Waals surface area contributed by atoms with E-state index in [0.29, 0.717) is 22.3 Å². The van der Waals surface area contributed by atoms with Crippen LogP contribution < -0.4 is 5.56 Å². The van der Waals surface area contributed by atoms with Gasteiger partial charge in [-0.15, -0.1) is 0 Å². The number of rotatable bonds is 1. The second-order valence-electron chi connectivity index (χ2n) is 5.91. The third kappa shape index (κ3) is 2.44. The summed E-state index contributed by atoms with van der Waals surface area (Å²) < 4.78 is 18.7. The molecule has 2 heterocycles. The zero-order valence-corrected chi connectivity index (χ0v) is 11.9. The smallest absolute Gasteiger partial charge is 0.258 e. The topological polar surface area (TPSA) is 71.8 Å². The van der Waals surface area contributed by atoms with Crippen molar-refractivity contribution in [2.24, 2.45) is 0 Å². The Morgan fingerprint density at radius 2 is 2.00 bits per heavy atom. The van der Waals surface area contributed by atoms with Crippen molar-refractivity contribution in [2.45, 2.75) is 26.2 Å². The molecule has 3 aromatic rings. The Hall–Kier alpha value is -2.50. The SMILES string of the molecule is CC(C)(C)c1noc(-c2cc(=O)[nH]c3ccc(F)cc23)n1. The molecular weight excluding hydrogens is 273 g/mol. The lowest BCUT2D eigenvalue weighted by Gasteiger charge is -2.10. The van der Waals surface area contributed by atoms with Gasteiger partial charge >= 0.3 is 0 Å². The predicted molar refractivity (Wildman–Crippen MR) is 76.5 cm³/mol. The molecule has 0 fully saturated rings.